The molecule has 1 aliphatic heterocycles. The quantitative estimate of drug-likeness (QED) is 0.490. The van der Waals surface area contributed by atoms with Crippen LogP contribution in [0, 0.1) is 0 Å². The van der Waals surface area contributed by atoms with Crippen molar-refractivity contribution in [3.63, 3.8) is 0 Å². The molecule has 5 heteroatoms. The van der Waals surface area contributed by atoms with E-state index in [-0.39, 0.29) is 0 Å². The monoisotopic (exact) mass is 412 g/mol. The lowest BCUT2D eigenvalue weighted by Crippen LogP contribution is -2.26. The Balaban J connectivity index is 1.55. The van der Waals surface area contributed by atoms with Gasteiger partial charge in [-0.15, -0.1) is 11.3 Å². The summed E-state index contributed by atoms with van der Waals surface area (Å²) in [6.07, 6.45) is 4.60. The molecule has 2 heterocycles. The topological polar surface area (TPSA) is 34.2 Å². The van der Waals surface area contributed by atoms with Crippen molar-refractivity contribution in [1.82, 2.24) is 10.3 Å². The van der Waals surface area contributed by atoms with E-state index in [1.54, 1.807) is 0 Å². The van der Waals surface area contributed by atoms with Gasteiger partial charge in [-0.05, 0) is 80.9 Å². The van der Waals surface area contributed by atoms with Gasteiger partial charge in [0.05, 0.1) is 10.7 Å². The largest absolute Gasteiger partial charge is 0.457 e. The number of aromatic nitrogens is 1. The first kappa shape index (κ1) is 19.4. The van der Waals surface area contributed by atoms with Crippen molar-refractivity contribution in [2.75, 3.05) is 13.1 Å². The summed E-state index contributed by atoms with van der Waals surface area (Å²) in [5, 5.41) is 5.46. The second-order valence-corrected chi connectivity index (χ2v) is 8.73. The van der Waals surface area contributed by atoms with E-state index in [4.69, 9.17) is 21.3 Å². The van der Waals surface area contributed by atoms with E-state index in [1.807, 2.05) is 47.7 Å². The van der Waals surface area contributed by atoms with Crippen LogP contribution in [0.15, 0.2) is 48.5 Å². The number of piperidine rings is 1. The van der Waals surface area contributed by atoms with Crippen LogP contribution < -0.4 is 10.1 Å². The van der Waals surface area contributed by atoms with Crippen molar-refractivity contribution in [2.24, 2.45) is 0 Å². The fourth-order valence-electron chi connectivity index (χ4n) is 3.56. The maximum absolute atomic E-state index is 5.94. The Labute approximate surface area is 175 Å². The van der Waals surface area contributed by atoms with Crippen LogP contribution in [0.25, 0.3) is 11.3 Å². The molecule has 2 aromatic carbocycles. The number of ether oxygens (including phenoxy) is 1. The summed E-state index contributed by atoms with van der Waals surface area (Å²) in [6, 6.07) is 15.7. The molecule has 0 bridgehead atoms. The van der Waals surface area contributed by atoms with Crippen LogP contribution in [-0.4, -0.2) is 18.1 Å². The van der Waals surface area contributed by atoms with Gasteiger partial charge in [-0.1, -0.05) is 24.9 Å². The van der Waals surface area contributed by atoms with E-state index >= 15 is 0 Å². The molecular formula is C23H25ClN2OS. The van der Waals surface area contributed by atoms with Crippen molar-refractivity contribution in [3.05, 3.63) is 63.4 Å². The normalized spacial score (nSPS) is 14.9. The Hall–Kier alpha value is -1.88. The van der Waals surface area contributed by atoms with E-state index in [0.717, 1.165) is 43.1 Å². The predicted octanol–water partition coefficient (Wildman–Crippen LogP) is 6.68. The molecule has 28 heavy (non-hydrogen) atoms. The zero-order valence-corrected chi connectivity index (χ0v) is 17.7. The van der Waals surface area contributed by atoms with Crippen LogP contribution in [0.1, 0.15) is 42.0 Å². The minimum atomic E-state index is 0.600. The minimum Gasteiger partial charge on any atom is -0.457 e. The van der Waals surface area contributed by atoms with Crippen molar-refractivity contribution in [2.45, 2.75) is 38.5 Å². The van der Waals surface area contributed by atoms with Crippen molar-refractivity contribution >= 4 is 22.9 Å². The summed E-state index contributed by atoms with van der Waals surface area (Å²) in [7, 11) is 0. The second kappa shape index (κ2) is 9.08. The Morgan fingerprint density at radius 2 is 1.68 bits per heavy atom. The highest BCUT2D eigenvalue weighted by Gasteiger charge is 2.21. The molecule has 1 N–H and O–H groups in total. The van der Waals surface area contributed by atoms with Crippen LogP contribution in [0.2, 0.25) is 5.02 Å². The number of hydrogen-bond donors (Lipinski definition) is 1. The summed E-state index contributed by atoms with van der Waals surface area (Å²) < 4.78 is 5.92. The van der Waals surface area contributed by atoms with Gasteiger partial charge in [-0.25, -0.2) is 4.98 Å². The molecule has 1 saturated heterocycles. The Morgan fingerprint density at radius 3 is 2.32 bits per heavy atom. The summed E-state index contributed by atoms with van der Waals surface area (Å²) in [5.41, 5.74) is 2.32. The van der Waals surface area contributed by atoms with E-state index in [0.29, 0.717) is 10.9 Å². The molecule has 4 rings (SSSR count). The third-order valence-electron chi connectivity index (χ3n) is 5.06. The number of benzene rings is 2. The summed E-state index contributed by atoms with van der Waals surface area (Å²) in [4.78, 5) is 6.49. The van der Waals surface area contributed by atoms with Crippen molar-refractivity contribution in [3.8, 4) is 22.8 Å². The number of nitrogens with one attached hydrogen (secondary N) is 1. The lowest BCUT2D eigenvalue weighted by molar-refractivity contribution is 0.459. The van der Waals surface area contributed by atoms with E-state index in [9.17, 15) is 0 Å². The number of aryl methyl sites for hydroxylation is 1. The van der Waals surface area contributed by atoms with E-state index < -0.39 is 0 Å². The van der Waals surface area contributed by atoms with E-state index in [2.05, 4.69) is 24.4 Å². The lowest BCUT2D eigenvalue weighted by atomic mass is 9.99. The molecule has 1 fully saturated rings. The third-order valence-corrected chi connectivity index (χ3v) is 6.59. The van der Waals surface area contributed by atoms with Gasteiger partial charge in [-0.3, -0.25) is 0 Å². The molecule has 0 aliphatic carbocycles. The molecule has 3 nitrogen and oxygen atoms in total. The number of rotatable bonds is 6. The average molecular weight is 413 g/mol. The van der Waals surface area contributed by atoms with Gasteiger partial charge >= 0.3 is 0 Å². The molecule has 0 spiro atoms. The number of halogens is 1. The van der Waals surface area contributed by atoms with Gasteiger partial charge in [0.1, 0.15) is 11.5 Å². The van der Waals surface area contributed by atoms with Gasteiger partial charge in [0.25, 0.3) is 0 Å². The first-order valence-corrected chi connectivity index (χ1v) is 11.2. The zero-order chi connectivity index (χ0) is 19.3. The van der Waals surface area contributed by atoms with Gasteiger partial charge in [0.2, 0.25) is 0 Å². The van der Waals surface area contributed by atoms with Crippen LogP contribution in [0.3, 0.4) is 0 Å². The molecule has 0 atom stereocenters. The van der Waals surface area contributed by atoms with Crippen LogP contribution >= 0.6 is 22.9 Å². The van der Waals surface area contributed by atoms with Crippen molar-refractivity contribution in [1.29, 1.82) is 0 Å². The molecule has 0 amide bonds. The zero-order valence-electron chi connectivity index (χ0n) is 16.1. The second-order valence-electron chi connectivity index (χ2n) is 7.18. The predicted molar refractivity (Wildman–Crippen MR) is 118 cm³/mol. The maximum atomic E-state index is 5.94. The highest BCUT2D eigenvalue weighted by atomic mass is 35.5. The Kier molecular flexibility index (Phi) is 6.30. The maximum Gasteiger partial charge on any atom is 0.127 e. The molecule has 146 valence electrons. The van der Waals surface area contributed by atoms with Gasteiger partial charge < -0.3 is 10.1 Å². The summed E-state index contributed by atoms with van der Waals surface area (Å²) >= 11 is 7.85. The molecular weight excluding hydrogens is 388 g/mol. The Bertz CT molecular complexity index is 899. The van der Waals surface area contributed by atoms with Gasteiger partial charge in [0.15, 0.2) is 0 Å². The SMILES string of the molecule is CCCc1sc(C2CCNCC2)nc1-c1ccc(Oc2ccc(Cl)cc2)cc1. The van der Waals surface area contributed by atoms with Crippen LogP contribution in [-0.2, 0) is 6.42 Å². The summed E-state index contributed by atoms with van der Waals surface area (Å²) in [6.45, 7) is 4.43. The Morgan fingerprint density at radius 1 is 1.04 bits per heavy atom. The molecule has 1 aliphatic rings. The highest BCUT2D eigenvalue weighted by molar-refractivity contribution is 7.12. The van der Waals surface area contributed by atoms with Gasteiger partial charge in [-0.2, -0.15) is 0 Å². The first-order valence-electron chi connectivity index (χ1n) is 9.97. The highest BCUT2D eigenvalue weighted by Crippen LogP contribution is 2.36. The van der Waals surface area contributed by atoms with Gasteiger partial charge in [0, 0.05) is 21.4 Å². The number of nitrogens with zero attached hydrogens (tertiary/aromatic N) is 1. The molecule has 0 unspecified atom stereocenters. The smallest absolute Gasteiger partial charge is 0.127 e. The lowest BCUT2D eigenvalue weighted by Gasteiger charge is -2.20. The number of hydrogen-bond acceptors (Lipinski definition) is 4. The number of thiazole rings is 1. The molecule has 3 aromatic rings. The molecule has 0 radical (unpaired) electrons. The fourth-order valence-corrected chi connectivity index (χ4v) is 5.04. The average Bonchev–Trinajstić information content (AvgIpc) is 3.15. The fraction of sp³-hybridized carbons (Fsp3) is 0.348. The third kappa shape index (κ3) is 4.57. The minimum absolute atomic E-state index is 0.600. The molecule has 0 saturated carbocycles. The van der Waals surface area contributed by atoms with Crippen LogP contribution in [0.4, 0.5) is 0 Å². The standard InChI is InChI=1S/C23H25ClN2OS/c1-2-3-21-22(26-23(28-21)17-12-14-25-15-13-17)16-4-8-19(9-5-16)27-20-10-6-18(24)7-11-20/h4-11,17,25H,2-3,12-15H2,1H3. The summed E-state index contributed by atoms with van der Waals surface area (Å²) in [5.74, 6) is 2.20. The first-order chi connectivity index (χ1) is 13.7. The van der Waals surface area contributed by atoms with Crippen molar-refractivity contribution < 1.29 is 4.74 Å². The molecule has 1 aromatic heterocycles. The van der Waals surface area contributed by atoms with E-state index in [1.165, 1.54) is 28.3 Å². The van der Waals surface area contributed by atoms with Crippen LogP contribution in [0.5, 0.6) is 11.5 Å².